The number of aromatic nitrogens is 1. The van der Waals surface area contributed by atoms with Gasteiger partial charge in [-0.3, -0.25) is 10.1 Å². The second-order valence-corrected chi connectivity index (χ2v) is 6.43. The SMILES string of the molecule is C=C(N=O)c1nc(-c2ccc(Oc3ccccc3)c([N+](=O)[O-])c2)sc1N=CC. The maximum absolute atomic E-state index is 11.5. The van der Waals surface area contributed by atoms with Crippen molar-refractivity contribution in [2.75, 3.05) is 0 Å². The van der Waals surface area contributed by atoms with Crippen molar-refractivity contribution in [3.63, 3.8) is 0 Å². The number of hydrogen-bond acceptors (Lipinski definition) is 8. The van der Waals surface area contributed by atoms with E-state index in [1.54, 1.807) is 43.5 Å². The Bertz CT molecular complexity index is 1080. The smallest absolute Gasteiger partial charge is 0.312 e. The van der Waals surface area contributed by atoms with E-state index in [4.69, 9.17) is 4.74 Å². The van der Waals surface area contributed by atoms with Crippen LogP contribution in [0.25, 0.3) is 16.3 Å². The van der Waals surface area contributed by atoms with Crippen LogP contribution < -0.4 is 4.74 Å². The van der Waals surface area contributed by atoms with Gasteiger partial charge in [0.25, 0.3) is 0 Å². The van der Waals surface area contributed by atoms with Crippen LogP contribution in [-0.4, -0.2) is 16.1 Å². The summed E-state index contributed by atoms with van der Waals surface area (Å²) >= 11 is 1.18. The van der Waals surface area contributed by atoms with E-state index in [0.717, 1.165) is 0 Å². The molecule has 140 valence electrons. The Hall–Kier alpha value is -3.72. The summed E-state index contributed by atoms with van der Waals surface area (Å²) < 4.78 is 5.63. The molecule has 0 radical (unpaired) electrons. The summed E-state index contributed by atoms with van der Waals surface area (Å²) in [6, 6.07) is 13.3. The highest BCUT2D eigenvalue weighted by Crippen LogP contribution is 2.40. The first kappa shape index (κ1) is 19.1. The molecular formula is C19H14N4O4S. The van der Waals surface area contributed by atoms with Gasteiger partial charge in [0.1, 0.15) is 27.1 Å². The fourth-order valence-corrected chi connectivity index (χ4v) is 3.35. The molecule has 0 amide bonds. The van der Waals surface area contributed by atoms with Gasteiger partial charge in [-0.1, -0.05) is 36.1 Å². The van der Waals surface area contributed by atoms with Gasteiger partial charge in [0.2, 0.25) is 5.75 Å². The van der Waals surface area contributed by atoms with E-state index in [0.29, 0.717) is 21.3 Å². The maximum atomic E-state index is 11.5. The number of aliphatic imine (C=N–C) groups is 1. The molecule has 1 heterocycles. The van der Waals surface area contributed by atoms with E-state index in [1.807, 2.05) is 6.07 Å². The van der Waals surface area contributed by atoms with E-state index in [9.17, 15) is 15.0 Å². The average molecular weight is 394 g/mol. The third-order valence-electron chi connectivity index (χ3n) is 3.61. The summed E-state index contributed by atoms with van der Waals surface area (Å²) in [4.78, 5) is 30.3. The number of rotatable bonds is 7. The molecule has 0 aliphatic carbocycles. The van der Waals surface area contributed by atoms with Crippen molar-refractivity contribution in [2.45, 2.75) is 6.92 Å². The van der Waals surface area contributed by atoms with Crippen LogP contribution in [-0.2, 0) is 0 Å². The zero-order valence-electron chi connectivity index (χ0n) is 14.7. The zero-order chi connectivity index (χ0) is 20.1. The molecule has 3 rings (SSSR count). The molecule has 0 spiro atoms. The lowest BCUT2D eigenvalue weighted by Crippen LogP contribution is -1.94. The Labute approximate surface area is 164 Å². The third-order valence-corrected chi connectivity index (χ3v) is 4.63. The fourth-order valence-electron chi connectivity index (χ4n) is 2.37. The summed E-state index contributed by atoms with van der Waals surface area (Å²) in [7, 11) is 0. The predicted molar refractivity (Wildman–Crippen MR) is 109 cm³/mol. The van der Waals surface area contributed by atoms with Crippen LogP contribution in [0.1, 0.15) is 12.6 Å². The maximum Gasteiger partial charge on any atom is 0.312 e. The number of thiazole rings is 1. The Kier molecular flexibility index (Phi) is 5.66. The summed E-state index contributed by atoms with van der Waals surface area (Å²) in [6.45, 7) is 5.29. The lowest BCUT2D eigenvalue weighted by Gasteiger charge is -2.07. The van der Waals surface area contributed by atoms with Gasteiger partial charge in [0.15, 0.2) is 0 Å². The highest BCUT2D eigenvalue weighted by atomic mass is 32.1. The lowest BCUT2D eigenvalue weighted by molar-refractivity contribution is -0.385. The molecule has 2 aromatic carbocycles. The highest BCUT2D eigenvalue weighted by molar-refractivity contribution is 7.19. The molecule has 0 bridgehead atoms. The largest absolute Gasteiger partial charge is 0.450 e. The quantitative estimate of drug-likeness (QED) is 0.212. The predicted octanol–water partition coefficient (Wildman–Crippen LogP) is 5.97. The number of nitro groups is 1. The molecule has 0 aliphatic heterocycles. The summed E-state index contributed by atoms with van der Waals surface area (Å²) in [6.07, 6.45) is 1.55. The molecular weight excluding hydrogens is 380 g/mol. The van der Waals surface area contributed by atoms with Gasteiger partial charge in [0.05, 0.1) is 4.92 Å². The molecule has 0 saturated heterocycles. The van der Waals surface area contributed by atoms with Gasteiger partial charge in [-0.15, -0.1) is 4.91 Å². The molecule has 0 fully saturated rings. The Morgan fingerprint density at radius 2 is 2.04 bits per heavy atom. The summed E-state index contributed by atoms with van der Waals surface area (Å²) in [5, 5.41) is 15.3. The number of hydrogen-bond donors (Lipinski definition) is 0. The first-order valence-corrected chi connectivity index (χ1v) is 8.89. The van der Waals surface area contributed by atoms with Crippen LogP contribution in [0.2, 0.25) is 0 Å². The molecule has 0 unspecified atom stereocenters. The van der Waals surface area contributed by atoms with Crippen molar-refractivity contribution < 1.29 is 9.66 Å². The number of para-hydroxylation sites is 1. The normalized spacial score (nSPS) is 10.8. The van der Waals surface area contributed by atoms with Crippen LogP contribution in [0.3, 0.4) is 0 Å². The van der Waals surface area contributed by atoms with Crippen molar-refractivity contribution in [3.8, 4) is 22.1 Å². The van der Waals surface area contributed by atoms with Gasteiger partial charge >= 0.3 is 5.69 Å². The monoisotopic (exact) mass is 394 g/mol. The second kappa shape index (κ2) is 8.31. The molecule has 0 N–H and O–H groups in total. The van der Waals surface area contributed by atoms with Crippen LogP contribution >= 0.6 is 11.3 Å². The van der Waals surface area contributed by atoms with Crippen molar-refractivity contribution in [2.24, 2.45) is 10.2 Å². The van der Waals surface area contributed by atoms with Gasteiger partial charge < -0.3 is 4.74 Å². The Morgan fingerprint density at radius 3 is 2.68 bits per heavy atom. The van der Waals surface area contributed by atoms with Crippen LogP contribution in [0.4, 0.5) is 10.7 Å². The molecule has 0 atom stereocenters. The second-order valence-electron chi connectivity index (χ2n) is 5.45. The first-order valence-electron chi connectivity index (χ1n) is 8.07. The van der Waals surface area contributed by atoms with Gasteiger partial charge in [-0.2, -0.15) is 0 Å². The van der Waals surface area contributed by atoms with Gasteiger partial charge in [-0.25, -0.2) is 9.98 Å². The molecule has 0 aliphatic rings. The molecule has 9 heteroatoms. The highest BCUT2D eigenvalue weighted by Gasteiger charge is 2.21. The van der Waals surface area contributed by atoms with E-state index >= 15 is 0 Å². The molecule has 1 aromatic heterocycles. The van der Waals surface area contributed by atoms with Crippen molar-refractivity contribution >= 4 is 33.9 Å². The lowest BCUT2D eigenvalue weighted by atomic mass is 10.2. The van der Waals surface area contributed by atoms with Crippen molar-refractivity contribution in [1.82, 2.24) is 4.98 Å². The van der Waals surface area contributed by atoms with Crippen LogP contribution in [0, 0.1) is 15.0 Å². The third kappa shape index (κ3) is 3.99. The topological polar surface area (TPSA) is 107 Å². The van der Waals surface area contributed by atoms with E-state index in [-0.39, 0.29) is 22.8 Å². The zero-order valence-corrected chi connectivity index (χ0v) is 15.5. The molecule has 0 saturated carbocycles. The molecule has 8 nitrogen and oxygen atoms in total. The van der Waals surface area contributed by atoms with Crippen LogP contribution in [0.15, 0.2) is 65.3 Å². The number of ether oxygens (including phenoxy) is 1. The minimum atomic E-state index is -0.521. The molecule has 28 heavy (non-hydrogen) atoms. The van der Waals surface area contributed by atoms with Gasteiger partial charge in [0, 0.05) is 17.8 Å². The summed E-state index contributed by atoms with van der Waals surface area (Å²) in [5.41, 5.74) is 0.489. The minimum absolute atomic E-state index is 0.0540. The van der Waals surface area contributed by atoms with Crippen molar-refractivity contribution in [1.29, 1.82) is 0 Å². The van der Waals surface area contributed by atoms with E-state index in [1.165, 1.54) is 23.5 Å². The first-order chi connectivity index (χ1) is 13.5. The Morgan fingerprint density at radius 1 is 1.29 bits per heavy atom. The Balaban J connectivity index is 2.04. The average Bonchev–Trinajstić information content (AvgIpc) is 3.12. The van der Waals surface area contributed by atoms with Gasteiger partial charge in [-0.05, 0) is 36.4 Å². The minimum Gasteiger partial charge on any atom is -0.450 e. The molecule has 3 aromatic rings. The number of nitrogens with zero attached hydrogens (tertiary/aromatic N) is 4. The number of benzene rings is 2. The number of nitroso groups, excluding NO2 is 1. The van der Waals surface area contributed by atoms with E-state index in [2.05, 4.69) is 21.7 Å². The van der Waals surface area contributed by atoms with E-state index < -0.39 is 4.92 Å². The van der Waals surface area contributed by atoms with Crippen molar-refractivity contribution in [3.05, 3.63) is 75.8 Å². The standard InChI is InChI=1S/C19H14N4O4S/c1-3-20-19-17(12(2)22-24)21-18(28-19)13-9-10-16(15(11-13)23(25)26)27-14-7-5-4-6-8-14/h3-11H,2H2,1H3. The van der Waals surface area contributed by atoms with Crippen LogP contribution in [0.5, 0.6) is 11.5 Å². The summed E-state index contributed by atoms with van der Waals surface area (Å²) in [5.74, 6) is 0.602. The fraction of sp³-hybridized carbons (Fsp3) is 0.0526. The number of nitro benzene ring substituents is 1.